The highest BCUT2D eigenvalue weighted by Gasteiger charge is 2.17. The number of nitrogens with zero attached hydrogens (tertiary/aromatic N) is 2. The van der Waals surface area contributed by atoms with E-state index < -0.39 is 0 Å². The van der Waals surface area contributed by atoms with Gasteiger partial charge in [0.15, 0.2) is 5.82 Å². The average Bonchev–Trinajstić information content (AvgIpc) is 3.70. The van der Waals surface area contributed by atoms with Gasteiger partial charge in [-0.2, -0.15) is 0 Å². The van der Waals surface area contributed by atoms with E-state index in [0.29, 0.717) is 5.82 Å². The minimum Gasteiger partial charge on any atom is -0.339 e. The number of anilines is 2. The Morgan fingerprint density at radius 2 is 1.37 bits per heavy atom. The molecule has 0 radical (unpaired) electrons. The minimum absolute atomic E-state index is 0.217. The summed E-state index contributed by atoms with van der Waals surface area (Å²) < 4.78 is 2.44. The van der Waals surface area contributed by atoms with E-state index in [-0.39, 0.29) is 5.92 Å². The van der Waals surface area contributed by atoms with E-state index in [1.807, 2.05) is 54.5 Å². The third-order valence-electron chi connectivity index (χ3n) is 8.98. The number of hydrogen-bond acceptors (Lipinski definition) is 4. The Bertz CT molecular complexity index is 2470. The van der Waals surface area contributed by atoms with Gasteiger partial charge in [-0.3, -0.25) is 0 Å². The molecule has 0 saturated carbocycles. The van der Waals surface area contributed by atoms with Crippen LogP contribution in [0.1, 0.15) is 84.9 Å². The van der Waals surface area contributed by atoms with Crippen molar-refractivity contribution < 1.29 is 0 Å². The highest BCUT2D eigenvalue weighted by molar-refractivity contribution is 7.26. The van der Waals surface area contributed by atoms with Crippen LogP contribution in [-0.4, -0.2) is 9.97 Å². The molecule has 5 aromatic carbocycles. The van der Waals surface area contributed by atoms with E-state index in [1.165, 1.54) is 42.4 Å². The van der Waals surface area contributed by atoms with Crippen LogP contribution in [0, 0.1) is 0 Å². The van der Waals surface area contributed by atoms with Crippen LogP contribution >= 0.6 is 11.3 Å². The first-order chi connectivity index (χ1) is 29.0. The lowest BCUT2D eigenvalue weighted by molar-refractivity contribution is 0.969. The number of benzene rings is 5. The Hall–Kier alpha value is -6.10. The topological polar surface area (TPSA) is 37.8 Å². The summed E-state index contributed by atoms with van der Waals surface area (Å²) in [7, 11) is 0. The van der Waals surface area contributed by atoms with Crippen LogP contribution < -0.4 is 5.32 Å². The molecule has 0 amide bonds. The smallest absolute Gasteiger partial charge is 0.162 e. The lowest BCUT2D eigenvalue weighted by atomic mass is 9.98. The molecule has 7 rings (SSSR count). The van der Waals surface area contributed by atoms with Crippen LogP contribution in [0.15, 0.2) is 183 Å². The Morgan fingerprint density at radius 1 is 0.695 bits per heavy atom. The predicted molar refractivity (Wildman–Crippen MR) is 267 cm³/mol. The second kappa shape index (κ2) is 26.0. The fourth-order valence-electron chi connectivity index (χ4n) is 6.34. The van der Waals surface area contributed by atoms with Gasteiger partial charge in [0.25, 0.3) is 0 Å². The van der Waals surface area contributed by atoms with Gasteiger partial charge in [-0.1, -0.05) is 207 Å². The van der Waals surface area contributed by atoms with Crippen molar-refractivity contribution in [3.8, 4) is 11.4 Å². The van der Waals surface area contributed by atoms with Gasteiger partial charge in [0, 0.05) is 38.0 Å². The summed E-state index contributed by atoms with van der Waals surface area (Å²) in [5.41, 5.74) is 7.85. The molecule has 0 spiro atoms. The standard InChI is InChI=1S/C45H39N3S.C4H6.3C2H6/c1-4-6-8-17-31(3)36-22-11-13-24-40(36)46-45-39-29-28-38-37-23-12-14-25-41(37)49-43(38)42(39)47-44(48-45)35-21-15-18-32(30-35)26-27-33(16-5-2)34-19-9-7-10-20-34;1-3-4-2;3*1-2/h4-25,27-31H,26H2,1-3H3,(H,46,47,48);3-4H,1-2H2;3*1-2H3/b6-4-,16-5-,17-8-,33-27+;;;;. The first-order valence-corrected chi connectivity index (χ1v) is 21.8. The molecule has 0 aliphatic rings. The van der Waals surface area contributed by atoms with Crippen LogP contribution in [0.5, 0.6) is 0 Å². The summed E-state index contributed by atoms with van der Waals surface area (Å²) in [5, 5.41) is 7.26. The molecule has 0 saturated heterocycles. The summed E-state index contributed by atoms with van der Waals surface area (Å²) in [5.74, 6) is 1.73. The first-order valence-electron chi connectivity index (χ1n) is 21.0. The second-order valence-corrected chi connectivity index (χ2v) is 13.7. The van der Waals surface area contributed by atoms with Crippen LogP contribution in [0.2, 0.25) is 0 Å². The Balaban J connectivity index is 0.000000855. The fourth-order valence-corrected chi connectivity index (χ4v) is 7.53. The molecule has 2 aromatic heterocycles. The van der Waals surface area contributed by atoms with Gasteiger partial charge in [-0.05, 0) is 66.8 Å². The maximum atomic E-state index is 5.31. The number of allylic oxidation sites excluding steroid dienone is 10. The molecule has 1 atom stereocenters. The number of fused-ring (bicyclic) bond motifs is 5. The third-order valence-corrected chi connectivity index (χ3v) is 10.2. The van der Waals surface area contributed by atoms with Gasteiger partial charge in [-0.25, -0.2) is 9.97 Å². The average molecular weight is 798 g/mol. The van der Waals surface area contributed by atoms with Crippen molar-refractivity contribution in [1.82, 2.24) is 9.97 Å². The third kappa shape index (κ3) is 12.7. The molecular weight excluding hydrogens is 735 g/mol. The van der Waals surface area contributed by atoms with Crippen molar-refractivity contribution in [2.75, 3.05) is 5.32 Å². The second-order valence-electron chi connectivity index (χ2n) is 12.6. The van der Waals surface area contributed by atoms with E-state index in [4.69, 9.17) is 9.97 Å². The van der Waals surface area contributed by atoms with Crippen molar-refractivity contribution >= 4 is 59.5 Å². The zero-order valence-electron chi connectivity index (χ0n) is 36.7. The van der Waals surface area contributed by atoms with Crippen LogP contribution in [0.3, 0.4) is 0 Å². The Labute approximate surface area is 359 Å². The number of hydrogen-bond donors (Lipinski definition) is 1. The Kier molecular flexibility index (Phi) is 20.8. The molecule has 0 aliphatic heterocycles. The molecule has 0 bridgehead atoms. The van der Waals surface area contributed by atoms with E-state index in [9.17, 15) is 0 Å². The zero-order chi connectivity index (χ0) is 43.0. The van der Waals surface area contributed by atoms with Gasteiger partial charge in [-0.15, -0.1) is 11.3 Å². The normalized spacial score (nSPS) is 11.5. The number of para-hydroxylation sites is 1. The number of nitrogens with one attached hydrogen (secondary N) is 1. The molecule has 3 nitrogen and oxygen atoms in total. The van der Waals surface area contributed by atoms with Crippen LogP contribution in [0.4, 0.5) is 11.5 Å². The summed E-state index contributed by atoms with van der Waals surface area (Å²) in [6.07, 6.45) is 19.1. The van der Waals surface area contributed by atoms with E-state index >= 15 is 0 Å². The minimum atomic E-state index is 0.217. The molecule has 1 unspecified atom stereocenters. The zero-order valence-corrected chi connectivity index (χ0v) is 37.5. The number of thiophene rings is 1. The number of rotatable bonds is 11. The van der Waals surface area contributed by atoms with Crippen molar-refractivity contribution in [2.45, 2.75) is 74.7 Å². The molecule has 0 aliphatic carbocycles. The Morgan fingerprint density at radius 3 is 2.08 bits per heavy atom. The number of aromatic nitrogens is 2. The molecule has 59 heavy (non-hydrogen) atoms. The molecule has 2 heterocycles. The summed E-state index contributed by atoms with van der Waals surface area (Å²) in [6.45, 7) is 25.0. The lowest BCUT2D eigenvalue weighted by Crippen LogP contribution is -2.03. The summed E-state index contributed by atoms with van der Waals surface area (Å²) >= 11 is 1.80. The summed E-state index contributed by atoms with van der Waals surface area (Å²) in [6, 6.07) is 40.7. The van der Waals surface area contributed by atoms with Crippen LogP contribution in [0.25, 0.3) is 48.0 Å². The van der Waals surface area contributed by atoms with E-state index in [2.05, 4.69) is 184 Å². The van der Waals surface area contributed by atoms with Crippen molar-refractivity contribution in [3.63, 3.8) is 0 Å². The molecule has 1 N–H and O–H groups in total. The molecular formula is C55H63N3S. The van der Waals surface area contributed by atoms with Crippen molar-refractivity contribution in [3.05, 3.63) is 200 Å². The van der Waals surface area contributed by atoms with Crippen molar-refractivity contribution in [2.24, 2.45) is 0 Å². The fraction of sp³-hybridized carbons (Fsp3) is 0.200. The maximum absolute atomic E-state index is 5.31. The van der Waals surface area contributed by atoms with Gasteiger partial charge < -0.3 is 5.32 Å². The van der Waals surface area contributed by atoms with Gasteiger partial charge in [0.2, 0.25) is 0 Å². The maximum Gasteiger partial charge on any atom is 0.162 e. The quantitative estimate of drug-likeness (QED) is 0.133. The van der Waals surface area contributed by atoms with Gasteiger partial charge >= 0.3 is 0 Å². The molecule has 0 fully saturated rings. The highest BCUT2D eigenvalue weighted by atomic mass is 32.1. The van der Waals surface area contributed by atoms with E-state index in [0.717, 1.165) is 34.4 Å². The largest absolute Gasteiger partial charge is 0.339 e. The molecule has 7 aromatic rings. The monoisotopic (exact) mass is 797 g/mol. The highest BCUT2D eigenvalue weighted by Crippen LogP contribution is 2.40. The lowest BCUT2D eigenvalue weighted by Gasteiger charge is -2.17. The summed E-state index contributed by atoms with van der Waals surface area (Å²) in [4.78, 5) is 10.5. The molecule has 304 valence electrons. The van der Waals surface area contributed by atoms with Gasteiger partial charge in [0.05, 0.1) is 10.2 Å². The van der Waals surface area contributed by atoms with Crippen LogP contribution in [-0.2, 0) is 6.42 Å². The van der Waals surface area contributed by atoms with Crippen molar-refractivity contribution in [1.29, 1.82) is 0 Å². The van der Waals surface area contributed by atoms with E-state index in [1.54, 1.807) is 23.5 Å². The SMILES string of the molecule is C/C=C\C=C/C(C)c1ccccc1Nc1nc(-c2cccc(C/C=C(\C=C/C)c3ccccc3)c2)nc2c1ccc1c3ccccc3sc12.C=CC=C.CC.CC.CC. The first kappa shape index (κ1) is 47.3. The predicted octanol–water partition coefficient (Wildman–Crippen LogP) is 17.3. The molecule has 4 heteroatoms. The van der Waals surface area contributed by atoms with Gasteiger partial charge in [0.1, 0.15) is 5.82 Å².